The predicted molar refractivity (Wildman–Crippen MR) is 66.2 cm³/mol. The number of H-pyrrole nitrogens is 1. The van der Waals surface area contributed by atoms with E-state index in [4.69, 9.17) is 0 Å². The minimum Gasteiger partial charge on any atom is -0.352 e. The molecule has 1 N–H and O–H groups in total. The summed E-state index contributed by atoms with van der Waals surface area (Å²) in [7, 11) is 0. The van der Waals surface area contributed by atoms with Crippen molar-refractivity contribution in [3.05, 3.63) is 54.1 Å². The first-order valence-corrected chi connectivity index (χ1v) is 5.42. The quantitative estimate of drug-likeness (QED) is 0.706. The number of aromatic amines is 1. The number of halogens is 1. The number of nitrogens with zero attached hydrogens (tertiary/aromatic N) is 2. The molecule has 0 fully saturated rings. The van der Waals surface area contributed by atoms with E-state index in [1.807, 2.05) is 0 Å². The van der Waals surface area contributed by atoms with Gasteiger partial charge in [0.05, 0.1) is 23.0 Å². The minimum absolute atomic E-state index is 0.353. The van der Waals surface area contributed by atoms with Crippen molar-refractivity contribution in [1.29, 1.82) is 5.26 Å². The smallest absolute Gasteiger partial charge is 0.132 e. The highest BCUT2D eigenvalue weighted by molar-refractivity contribution is 5.92. The lowest BCUT2D eigenvalue weighted by Crippen LogP contribution is -1.86. The minimum atomic E-state index is -0.353. The molecule has 4 heteroatoms. The van der Waals surface area contributed by atoms with Gasteiger partial charge in [0.1, 0.15) is 11.9 Å². The Labute approximate surface area is 103 Å². The van der Waals surface area contributed by atoms with Gasteiger partial charge in [-0.3, -0.25) is 4.98 Å². The highest BCUT2D eigenvalue weighted by Gasteiger charge is 2.15. The lowest BCUT2D eigenvalue weighted by molar-refractivity contribution is 0.631. The van der Waals surface area contributed by atoms with Crippen LogP contribution < -0.4 is 0 Å². The van der Waals surface area contributed by atoms with Crippen molar-refractivity contribution >= 4 is 10.9 Å². The van der Waals surface area contributed by atoms with Gasteiger partial charge in [-0.15, -0.1) is 0 Å². The van der Waals surface area contributed by atoms with Crippen molar-refractivity contribution in [2.45, 2.75) is 0 Å². The zero-order chi connectivity index (χ0) is 12.5. The van der Waals surface area contributed by atoms with Crippen molar-refractivity contribution < 1.29 is 4.39 Å². The van der Waals surface area contributed by atoms with Gasteiger partial charge in [0.15, 0.2) is 0 Å². The van der Waals surface area contributed by atoms with Gasteiger partial charge in [0.2, 0.25) is 0 Å². The molecule has 0 radical (unpaired) electrons. The molecule has 0 unspecified atom stereocenters. The van der Waals surface area contributed by atoms with Crippen LogP contribution in [0, 0.1) is 17.1 Å². The van der Waals surface area contributed by atoms with Gasteiger partial charge in [-0.2, -0.15) is 5.26 Å². The normalized spacial score (nSPS) is 10.4. The Hall–Kier alpha value is -2.67. The van der Waals surface area contributed by atoms with Crippen LogP contribution >= 0.6 is 0 Å². The largest absolute Gasteiger partial charge is 0.352 e. The molecule has 0 aliphatic heterocycles. The summed E-state index contributed by atoms with van der Waals surface area (Å²) >= 11 is 0. The summed E-state index contributed by atoms with van der Waals surface area (Å²) in [4.78, 5) is 7.03. The Morgan fingerprint density at radius 3 is 2.83 bits per heavy atom. The molecular weight excluding hydrogens is 229 g/mol. The molecule has 1 aromatic carbocycles. The number of hydrogen-bond donors (Lipinski definition) is 1. The Kier molecular flexibility index (Phi) is 2.31. The maximum atomic E-state index is 13.8. The molecular formula is C14H8FN3. The van der Waals surface area contributed by atoms with E-state index < -0.39 is 0 Å². The lowest BCUT2D eigenvalue weighted by Gasteiger charge is -2.00. The number of pyridine rings is 1. The molecule has 0 bridgehead atoms. The van der Waals surface area contributed by atoms with E-state index in [9.17, 15) is 9.65 Å². The lowest BCUT2D eigenvalue weighted by atomic mass is 10.1. The molecule has 2 aromatic heterocycles. The monoisotopic (exact) mass is 237 g/mol. The van der Waals surface area contributed by atoms with Crippen LogP contribution in [0.1, 0.15) is 5.56 Å². The van der Waals surface area contributed by atoms with Crippen LogP contribution in [0.5, 0.6) is 0 Å². The number of nitriles is 1. The molecule has 0 spiro atoms. The van der Waals surface area contributed by atoms with E-state index in [0.29, 0.717) is 16.8 Å². The fraction of sp³-hybridized carbons (Fsp3) is 0. The van der Waals surface area contributed by atoms with Gasteiger partial charge < -0.3 is 4.98 Å². The van der Waals surface area contributed by atoms with Crippen LogP contribution in [0.25, 0.3) is 22.2 Å². The van der Waals surface area contributed by atoms with Crippen LogP contribution in [0.4, 0.5) is 4.39 Å². The number of aromatic nitrogens is 2. The Balaban J connectivity index is 2.37. The number of nitrogens with one attached hydrogen (secondary N) is 1. The Morgan fingerprint density at radius 2 is 2.06 bits per heavy atom. The Bertz CT molecular complexity index is 768. The summed E-state index contributed by atoms with van der Waals surface area (Å²) in [6, 6.07) is 10.2. The summed E-state index contributed by atoms with van der Waals surface area (Å²) < 4.78 is 13.8. The van der Waals surface area contributed by atoms with Crippen molar-refractivity contribution in [1.82, 2.24) is 9.97 Å². The van der Waals surface area contributed by atoms with E-state index in [0.717, 1.165) is 10.9 Å². The Morgan fingerprint density at radius 1 is 1.22 bits per heavy atom. The highest BCUT2D eigenvalue weighted by Crippen LogP contribution is 2.30. The van der Waals surface area contributed by atoms with Crippen LogP contribution in [0.15, 0.2) is 42.7 Å². The maximum Gasteiger partial charge on any atom is 0.132 e. The topological polar surface area (TPSA) is 52.5 Å². The number of fused-ring (bicyclic) bond motifs is 1. The van der Waals surface area contributed by atoms with Crippen molar-refractivity contribution in [2.75, 3.05) is 0 Å². The zero-order valence-corrected chi connectivity index (χ0v) is 9.31. The second-order valence-electron chi connectivity index (χ2n) is 3.89. The van der Waals surface area contributed by atoms with Gasteiger partial charge >= 0.3 is 0 Å². The molecule has 0 amide bonds. The maximum absolute atomic E-state index is 13.8. The van der Waals surface area contributed by atoms with Gasteiger partial charge in [-0.1, -0.05) is 12.1 Å². The fourth-order valence-electron chi connectivity index (χ4n) is 2.03. The molecule has 0 aliphatic rings. The summed E-state index contributed by atoms with van der Waals surface area (Å²) in [6.45, 7) is 0. The zero-order valence-electron chi connectivity index (χ0n) is 9.31. The summed E-state index contributed by atoms with van der Waals surface area (Å²) in [5.41, 5.74) is 2.06. The second kappa shape index (κ2) is 3.97. The van der Waals surface area contributed by atoms with Crippen molar-refractivity contribution in [3.63, 3.8) is 0 Å². The number of rotatable bonds is 1. The van der Waals surface area contributed by atoms with Crippen molar-refractivity contribution in [3.8, 4) is 17.3 Å². The SMILES string of the molecule is N#Cc1c(-c2ccccc2F)[nH]c2cnccc12. The van der Waals surface area contributed by atoms with Gasteiger partial charge in [-0.25, -0.2) is 4.39 Å². The first kappa shape index (κ1) is 10.5. The molecule has 0 saturated heterocycles. The van der Waals surface area contributed by atoms with E-state index >= 15 is 0 Å². The van der Waals surface area contributed by atoms with Crippen LogP contribution in [0.2, 0.25) is 0 Å². The fourth-order valence-corrected chi connectivity index (χ4v) is 2.03. The third-order valence-electron chi connectivity index (χ3n) is 2.86. The molecule has 0 atom stereocenters. The second-order valence-corrected chi connectivity index (χ2v) is 3.89. The third kappa shape index (κ3) is 1.45. The summed E-state index contributed by atoms with van der Waals surface area (Å²) in [5.74, 6) is -0.353. The molecule has 3 rings (SSSR count). The molecule has 3 aromatic rings. The van der Waals surface area contributed by atoms with E-state index in [1.165, 1.54) is 6.07 Å². The molecule has 86 valence electrons. The van der Waals surface area contributed by atoms with Crippen molar-refractivity contribution in [2.24, 2.45) is 0 Å². The summed E-state index contributed by atoms with van der Waals surface area (Å²) in [6.07, 6.45) is 3.24. The van der Waals surface area contributed by atoms with E-state index in [1.54, 1.807) is 36.7 Å². The highest BCUT2D eigenvalue weighted by atomic mass is 19.1. The van der Waals surface area contributed by atoms with Gasteiger partial charge in [0.25, 0.3) is 0 Å². The third-order valence-corrected chi connectivity index (χ3v) is 2.86. The average molecular weight is 237 g/mol. The predicted octanol–water partition coefficient (Wildman–Crippen LogP) is 3.24. The first-order valence-electron chi connectivity index (χ1n) is 5.42. The molecule has 0 aliphatic carbocycles. The molecule has 3 nitrogen and oxygen atoms in total. The summed E-state index contributed by atoms with van der Waals surface area (Å²) in [5, 5.41) is 10.0. The van der Waals surface area contributed by atoms with Gasteiger partial charge in [0, 0.05) is 17.1 Å². The van der Waals surface area contributed by atoms with Crippen LogP contribution in [0.3, 0.4) is 0 Å². The van der Waals surface area contributed by atoms with Crippen LogP contribution in [-0.4, -0.2) is 9.97 Å². The molecule has 2 heterocycles. The van der Waals surface area contributed by atoms with E-state index in [-0.39, 0.29) is 5.82 Å². The first-order chi connectivity index (χ1) is 8.81. The number of benzene rings is 1. The van der Waals surface area contributed by atoms with Crippen LogP contribution in [-0.2, 0) is 0 Å². The van der Waals surface area contributed by atoms with E-state index in [2.05, 4.69) is 16.0 Å². The van der Waals surface area contributed by atoms with Gasteiger partial charge in [-0.05, 0) is 18.2 Å². The molecule has 0 saturated carbocycles. The molecule has 18 heavy (non-hydrogen) atoms. The number of hydrogen-bond acceptors (Lipinski definition) is 2. The standard InChI is InChI=1S/C14H8FN3/c15-12-4-2-1-3-10(12)14-11(7-16)9-5-6-17-8-13(9)18-14/h1-6,8,18H. The average Bonchev–Trinajstić information content (AvgIpc) is 2.77.